The third-order valence-electron chi connectivity index (χ3n) is 1.80. The molecule has 1 nitrogen and oxygen atoms in total. The molecule has 72 valence electrons. The van der Waals surface area contributed by atoms with Crippen LogP contribution in [0.2, 0.25) is 0 Å². The fourth-order valence-electron chi connectivity index (χ4n) is 1.14. The number of hydrogen-bond donors (Lipinski definition) is 1. The summed E-state index contributed by atoms with van der Waals surface area (Å²) < 4.78 is 0. The predicted octanol–water partition coefficient (Wildman–Crippen LogP) is 3.72. The smallest absolute Gasteiger partial charge is 0.0357 e. The third-order valence-corrected chi connectivity index (χ3v) is 1.80. The van der Waals surface area contributed by atoms with E-state index in [4.69, 9.17) is 5.41 Å². The fourth-order valence-corrected chi connectivity index (χ4v) is 1.14. The number of nitrogens with one attached hydrogen (secondary N) is 1. The fraction of sp³-hybridized carbons (Fsp3) is 0.417. The van der Waals surface area contributed by atoms with Crippen molar-refractivity contribution in [2.24, 2.45) is 0 Å². The molecule has 1 N–H and O–H groups in total. The first-order valence-corrected chi connectivity index (χ1v) is 4.74. The first-order chi connectivity index (χ1) is 6.11. The molecule has 0 heterocycles. The average molecular weight is 177 g/mol. The van der Waals surface area contributed by atoms with Crippen LogP contribution in [0.1, 0.15) is 37.5 Å². The van der Waals surface area contributed by atoms with Crippen LogP contribution in [0.25, 0.3) is 0 Å². The Bertz CT molecular complexity index is 287. The van der Waals surface area contributed by atoms with Crippen LogP contribution in [0.5, 0.6) is 0 Å². The third kappa shape index (κ3) is 3.41. The highest BCUT2D eigenvalue weighted by Gasteiger charge is 1.98. The van der Waals surface area contributed by atoms with E-state index in [1.54, 1.807) is 0 Å². The quantitative estimate of drug-likeness (QED) is 0.632. The van der Waals surface area contributed by atoms with E-state index in [-0.39, 0.29) is 0 Å². The van der Waals surface area contributed by atoms with E-state index in [0.717, 1.165) is 5.56 Å². The van der Waals surface area contributed by atoms with Crippen LogP contribution in [-0.2, 0) is 0 Å². The van der Waals surface area contributed by atoms with Crippen LogP contribution >= 0.6 is 0 Å². The Hall–Kier alpha value is -1.11. The molecule has 13 heavy (non-hydrogen) atoms. The summed E-state index contributed by atoms with van der Waals surface area (Å²) in [5, 5.41) is 7.47. The van der Waals surface area contributed by atoms with Crippen molar-refractivity contribution < 1.29 is 0 Å². The van der Waals surface area contributed by atoms with Crippen molar-refractivity contribution in [2.75, 3.05) is 0 Å². The van der Waals surface area contributed by atoms with Gasteiger partial charge in [-0.15, -0.1) is 0 Å². The van der Waals surface area contributed by atoms with Crippen LogP contribution in [0, 0.1) is 19.3 Å². The molecule has 0 bridgehead atoms. The van der Waals surface area contributed by atoms with Crippen molar-refractivity contribution >= 4 is 5.71 Å². The Balaban J connectivity index is 0.000000671. The second kappa shape index (κ2) is 5.52. The number of aryl methyl sites for hydroxylation is 2. The molecule has 0 unspecified atom stereocenters. The minimum Gasteiger partial charge on any atom is -0.305 e. The lowest BCUT2D eigenvalue weighted by atomic mass is 10.0. The van der Waals surface area contributed by atoms with Gasteiger partial charge in [-0.3, -0.25) is 0 Å². The zero-order chi connectivity index (χ0) is 10.4. The molecule has 1 rings (SSSR count). The van der Waals surface area contributed by atoms with Crippen LogP contribution in [0.15, 0.2) is 18.2 Å². The molecule has 1 aromatic rings. The normalized spacial score (nSPS) is 8.69. The summed E-state index contributed by atoms with van der Waals surface area (Å²) in [6, 6.07) is 6.18. The SMILES string of the molecule is CC.CC(=N)c1cc(C)ccc1C. The molecule has 0 saturated carbocycles. The van der Waals surface area contributed by atoms with Gasteiger partial charge in [-0.1, -0.05) is 31.5 Å². The lowest BCUT2D eigenvalue weighted by Gasteiger charge is -2.03. The van der Waals surface area contributed by atoms with E-state index in [0.29, 0.717) is 5.71 Å². The first-order valence-electron chi connectivity index (χ1n) is 4.74. The van der Waals surface area contributed by atoms with E-state index >= 15 is 0 Å². The lowest BCUT2D eigenvalue weighted by Crippen LogP contribution is -1.95. The van der Waals surface area contributed by atoms with E-state index in [1.165, 1.54) is 11.1 Å². The monoisotopic (exact) mass is 177 g/mol. The van der Waals surface area contributed by atoms with Crippen molar-refractivity contribution in [2.45, 2.75) is 34.6 Å². The van der Waals surface area contributed by atoms with Gasteiger partial charge in [0.15, 0.2) is 0 Å². The van der Waals surface area contributed by atoms with Gasteiger partial charge >= 0.3 is 0 Å². The summed E-state index contributed by atoms with van der Waals surface area (Å²) in [6.07, 6.45) is 0. The maximum atomic E-state index is 7.47. The zero-order valence-electron chi connectivity index (χ0n) is 9.23. The maximum Gasteiger partial charge on any atom is 0.0357 e. The van der Waals surface area contributed by atoms with E-state index in [1.807, 2.05) is 34.6 Å². The molecule has 0 aliphatic rings. The maximum absolute atomic E-state index is 7.47. The van der Waals surface area contributed by atoms with Gasteiger partial charge in [0.25, 0.3) is 0 Å². The van der Waals surface area contributed by atoms with Gasteiger partial charge in [0, 0.05) is 5.71 Å². The van der Waals surface area contributed by atoms with Gasteiger partial charge in [0.1, 0.15) is 0 Å². The molecule has 0 atom stereocenters. The van der Waals surface area contributed by atoms with Crippen molar-refractivity contribution in [3.8, 4) is 0 Å². The molecule has 0 fully saturated rings. The van der Waals surface area contributed by atoms with Crippen molar-refractivity contribution in [3.63, 3.8) is 0 Å². The standard InChI is InChI=1S/C10H13N.C2H6/c1-7-4-5-8(2)10(6-7)9(3)11;1-2/h4-6,11H,1-3H3;1-2H3. The lowest BCUT2D eigenvalue weighted by molar-refractivity contribution is 1.34. The summed E-state index contributed by atoms with van der Waals surface area (Å²) in [5.74, 6) is 0. The van der Waals surface area contributed by atoms with E-state index in [2.05, 4.69) is 18.2 Å². The second-order valence-corrected chi connectivity index (χ2v) is 2.94. The van der Waals surface area contributed by atoms with E-state index < -0.39 is 0 Å². The van der Waals surface area contributed by atoms with Gasteiger partial charge in [-0.2, -0.15) is 0 Å². The van der Waals surface area contributed by atoms with Crippen molar-refractivity contribution in [1.82, 2.24) is 0 Å². The minimum atomic E-state index is 0.645. The Morgan fingerprint density at radius 1 is 1.15 bits per heavy atom. The summed E-state index contributed by atoms with van der Waals surface area (Å²) in [4.78, 5) is 0. The summed E-state index contributed by atoms with van der Waals surface area (Å²) in [6.45, 7) is 9.90. The topological polar surface area (TPSA) is 23.9 Å². The van der Waals surface area contributed by atoms with Crippen LogP contribution in [0.3, 0.4) is 0 Å². The number of benzene rings is 1. The minimum absolute atomic E-state index is 0.645. The Labute approximate surface area is 81.3 Å². The van der Waals surface area contributed by atoms with Gasteiger partial charge in [-0.25, -0.2) is 0 Å². The van der Waals surface area contributed by atoms with Gasteiger partial charge in [0.2, 0.25) is 0 Å². The molecule has 0 saturated heterocycles. The Kier molecular flexibility index (Phi) is 5.05. The van der Waals surface area contributed by atoms with E-state index in [9.17, 15) is 0 Å². The highest BCUT2D eigenvalue weighted by molar-refractivity contribution is 5.97. The highest BCUT2D eigenvalue weighted by atomic mass is 14.4. The summed E-state index contributed by atoms with van der Waals surface area (Å²) >= 11 is 0. The molecule has 0 amide bonds. The first kappa shape index (κ1) is 11.9. The second-order valence-electron chi connectivity index (χ2n) is 2.94. The van der Waals surface area contributed by atoms with Crippen LogP contribution < -0.4 is 0 Å². The van der Waals surface area contributed by atoms with Crippen molar-refractivity contribution in [1.29, 1.82) is 5.41 Å². The highest BCUT2D eigenvalue weighted by Crippen LogP contribution is 2.10. The number of hydrogen-bond acceptors (Lipinski definition) is 1. The molecular weight excluding hydrogens is 158 g/mol. The molecule has 1 aromatic carbocycles. The molecule has 0 aliphatic carbocycles. The predicted molar refractivity (Wildman–Crippen MR) is 59.8 cm³/mol. The molecule has 0 aromatic heterocycles. The van der Waals surface area contributed by atoms with Crippen molar-refractivity contribution in [3.05, 3.63) is 34.9 Å². The molecule has 0 radical (unpaired) electrons. The average Bonchev–Trinajstić information content (AvgIpc) is 2.12. The van der Waals surface area contributed by atoms with Gasteiger partial charge in [-0.05, 0) is 38.0 Å². The number of rotatable bonds is 1. The molecule has 1 heteroatoms. The van der Waals surface area contributed by atoms with Gasteiger partial charge in [0.05, 0.1) is 0 Å². The van der Waals surface area contributed by atoms with Gasteiger partial charge < -0.3 is 5.41 Å². The Morgan fingerprint density at radius 3 is 2.08 bits per heavy atom. The molecular formula is C12H19N. The van der Waals surface area contributed by atoms with Crippen LogP contribution in [0.4, 0.5) is 0 Å². The largest absolute Gasteiger partial charge is 0.305 e. The molecule has 0 aliphatic heterocycles. The Morgan fingerprint density at radius 2 is 1.69 bits per heavy atom. The summed E-state index contributed by atoms with van der Waals surface area (Å²) in [5.41, 5.74) is 4.11. The zero-order valence-corrected chi connectivity index (χ0v) is 9.23. The summed E-state index contributed by atoms with van der Waals surface area (Å²) in [7, 11) is 0. The van der Waals surface area contributed by atoms with Crippen LogP contribution in [-0.4, -0.2) is 5.71 Å². The molecule has 0 spiro atoms.